The third kappa shape index (κ3) is 5.41. The molecule has 4 rings (SSSR count). The fourth-order valence-corrected chi connectivity index (χ4v) is 3.58. The van der Waals surface area contributed by atoms with Crippen molar-refractivity contribution in [3.8, 4) is 5.75 Å². The number of amides is 1. The quantitative estimate of drug-likeness (QED) is 0.478. The molecule has 1 amide bonds. The summed E-state index contributed by atoms with van der Waals surface area (Å²) in [6.07, 6.45) is 1.35. The number of ether oxygens (including phenoxy) is 2. The van der Waals surface area contributed by atoms with Crippen molar-refractivity contribution in [1.82, 2.24) is 14.9 Å². The monoisotopic (exact) mass is 489 g/mol. The SMILES string of the molecule is C=C(F)C(=O)Nc1cc2c(Nc3ccc(F)c(Cl)c3)ncnc2cc1OCC1COCCN1C. The fourth-order valence-electron chi connectivity index (χ4n) is 3.40. The number of benzene rings is 2. The Morgan fingerprint density at radius 2 is 2.18 bits per heavy atom. The zero-order valence-corrected chi connectivity index (χ0v) is 19.0. The highest BCUT2D eigenvalue weighted by molar-refractivity contribution is 6.31. The third-order valence-corrected chi connectivity index (χ3v) is 5.66. The molecular weight excluding hydrogens is 468 g/mol. The van der Waals surface area contributed by atoms with E-state index in [-0.39, 0.29) is 23.4 Å². The van der Waals surface area contributed by atoms with Gasteiger partial charge in [0.2, 0.25) is 0 Å². The van der Waals surface area contributed by atoms with E-state index < -0.39 is 17.6 Å². The summed E-state index contributed by atoms with van der Waals surface area (Å²) < 4.78 is 38.5. The molecule has 2 aromatic carbocycles. The van der Waals surface area contributed by atoms with E-state index in [9.17, 15) is 13.6 Å². The predicted molar refractivity (Wildman–Crippen MR) is 126 cm³/mol. The fraction of sp³-hybridized carbons (Fsp3) is 0.261. The first kappa shape index (κ1) is 23.8. The van der Waals surface area contributed by atoms with Gasteiger partial charge in [-0.15, -0.1) is 0 Å². The lowest BCUT2D eigenvalue weighted by atomic mass is 10.1. The lowest BCUT2D eigenvalue weighted by Crippen LogP contribution is -2.46. The Kier molecular flexibility index (Phi) is 7.20. The number of aromatic nitrogens is 2. The van der Waals surface area contributed by atoms with Gasteiger partial charge in [0.25, 0.3) is 5.91 Å². The molecule has 2 N–H and O–H groups in total. The molecule has 1 atom stereocenters. The number of hydrogen-bond donors (Lipinski definition) is 2. The molecule has 0 bridgehead atoms. The summed E-state index contributed by atoms with van der Waals surface area (Å²) in [4.78, 5) is 22.7. The van der Waals surface area contributed by atoms with Gasteiger partial charge < -0.3 is 20.1 Å². The van der Waals surface area contributed by atoms with Crippen molar-refractivity contribution in [2.75, 3.05) is 44.0 Å². The molecule has 0 saturated carbocycles. The van der Waals surface area contributed by atoms with E-state index in [0.717, 1.165) is 6.54 Å². The molecule has 178 valence electrons. The van der Waals surface area contributed by atoms with Crippen LogP contribution in [-0.4, -0.2) is 60.2 Å². The van der Waals surface area contributed by atoms with Crippen LogP contribution in [0.25, 0.3) is 10.9 Å². The van der Waals surface area contributed by atoms with Crippen LogP contribution in [0.3, 0.4) is 0 Å². The number of fused-ring (bicyclic) bond motifs is 1. The van der Waals surface area contributed by atoms with Gasteiger partial charge in [-0.05, 0) is 31.3 Å². The molecule has 3 aromatic rings. The topological polar surface area (TPSA) is 88.6 Å². The highest BCUT2D eigenvalue weighted by Gasteiger charge is 2.22. The second-order valence-electron chi connectivity index (χ2n) is 7.72. The molecule has 0 radical (unpaired) electrons. The zero-order valence-electron chi connectivity index (χ0n) is 18.3. The first-order valence-electron chi connectivity index (χ1n) is 10.4. The van der Waals surface area contributed by atoms with E-state index in [4.69, 9.17) is 21.1 Å². The molecule has 0 aliphatic carbocycles. The van der Waals surface area contributed by atoms with Crippen LogP contribution < -0.4 is 15.4 Å². The van der Waals surface area contributed by atoms with Gasteiger partial charge in [-0.2, -0.15) is 0 Å². The minimum atomic E-state index is -1.14. The Hall–Kier alpha value is -3.34. The van der Waals surface area contributed by atoms with E-state index in [1.165, 1.54) is 24.5 Å². The molecule has 1 saturated heterocycles. The molecule has 1 aliphatic rings. The van der Waals surface area contributed by atoms with E-state index in [0.29, 0.717) is 41.4 Å². The first-order valence-corrected chi connectivity index (χ1v) is 10.8. The van der Waals surface area contributed by atoms with E-state index >= 15 is 0 Å². The lowest BCUT2D eigenvalue weighted by Gasteiger charge is -2.32. The number of morpholine rings is 1. The van der Waals surface area contributed by atoms with Crippen molar-refractivity contribution in [1.29, 1.82) is 0 Å². The number of anilines is 3. The summed E-state index contributed by atoms with van der Waals surface area (Å²) in [5.41, 5.74) is 1.21. The molecule has 0 spiro atoms. The molecule has 1 aromatic heterocycles. The van der Waals surface area contributed by atoms with Crippen molar-refractivity contribution in [2.24, 2.45) is 0 Å². The van der Waals surface area contributed by atoms with Gasteiger partial charge in [0.1, 0.15) is 30.3 Å². The number of likely N-dealkylation sites (N-methyl/N-ethyl adjacent to an activating group) is 1. The number of nitrogens with zero attached hydrogens (tertiary/aromatic N) is 3. The summed E-state index contributed by atoms with van der Waals surface area (Å²) in [7, 11) is 1.97. The minimum absolute atomic E-state index is 0.00925. The maximum atomic E-state index is 13.5. The number of carbonyl (C=O) groups is 1. The molecule has 1 fully saturated rings. The maximum absolute atomic E-state index is 13.5. The van der Waals surface area contributed by atoms with Gasteiger partial charge in [0.15, 0.2) is 5.83 Å². The summed E-state index contributed by atoms with van der Waals surface area (Å²) in [6, 6.07) is 7.35. The minimum Gasteiger partial charge on any atom is -0.490 e. The van der Waals surface area contributed by atoms with E-state index in [1.807, 2.05) is 7.05 Å². The van der Waals surface area contributed by atoms with Gasteiger partial charge >= 0.3 is 0 Å². The van der Waals surface area contributed by atoms with E-state index in [2.05, 4.69) is 32.1 Å². The molecule has 2 heterocycles. The van der Waals surface area contributed by atoms with Crippen LogP contribution in [0, 0.1) is 5.82 Å². The summed E-state index contributed by atoms with van der Waals surface area (Å²) in [5, 5.41) is 5.98. The van der Waals surface area contributed by atoms with Gasteiger partial charge in [0, 0.05) is 23.7 Å². The van der Waals surface area contributed by atoms with Crippen molar-refractivity contribution >= 4 is 45.6 Å². The summed E-state index contributed by atoms with van der Waals surface area (Å²) in [6.45, 7) is 5.24. The van der Waals surface area contributed by atoms with Crippen LogP contribution in [0.4, 0.5) is 26.0 Å². The van der Waals surface area contributed by atoms with Crippen LogP contribution in [0.2, 0.25) is 5.02 Å². The number of hydrogen-bond acceptors (Lipinski definition) is 7. The lowest BCUT2D eigenvalue weighted by molar-refractivity contribution is -0.114. The largest absolute Gasteiger partial charge is 0.490 e. The average molecular weight is 490 g/mol. The van der Waals surface area contributed by atoms with Gasteiger partial charge in [-0.3, -0.25) is 9.69 Å². The molecule has 1 unspecified atom stereocenters. The second kappa shape index (κ2) is 10.3. The van der Waals surface area contributed by atoms with Gasteiger partial charge in [-0.1, -0.05) is 18.2 Å². The predicted octanol–water partition coefficient (Wildman–Crippen LogP) is 4.30. The molecule has 11 heteroatoms. The first-order chi connectivity index (χ1) is 16.3. The van der Waals surface area contributed by atoms with Crippen molar-refractivity contribution in [2.45, 2.75) is 6.04 Å². The number of halogens is 3. The zero-order chi connectivity index (χ0) is 24.2. The Balaban J connectivity index is 1.68. The van der Waals surface area contributed by atoms with Crippen LogP contribution in [-0.2, 0) is 9.53 Å². The van der Waals surface area contributed by atoms with Crippen molar-refractivity contribution in [3.05, 3.63) is 59.9 Å². The van der Waals surface area contributed by atoms with Gasteiger partial charge in [-0.25, -0.2) is 18.7 Å². The average Bonchev–Trinajstić information content (AvgIpc) is 2.81. The van der Waals surface area contributed by atoms with Crippen LogP contribution in [0.15, 0.2) is 49.1 Å². The molecule has 1 aliphatic heterocycles. The number of nitrogens with one attached hydrogen (secondary N) is 2. The smallest absolute Gasteiger partial charge is 0.283 e. The van der Waals surface area contributed by atoms with E-state index in [1.54, 1.807) is 12.1 Å². The van der Waals surface area contributed by atoms with Crippen molar-refractivity contribution < 1.29 is 23.0 Å². The highest BCUT2D eigenvalue weighted by Crippen LogP contribution is 2.34. The summed E-state index contributed by atoms with van der Waals surface area (Å²) in [5.74, 6) is -2.02. The molecule has 8 nitrogen and oxygen atoms in total. The molecular formula is C23H22ClF2N5O3. The Bertz CT molecular complexity index is 1240. The van der Waals surface area contributed by atoms with Crippen LogP contribution in [0.5, 0.6) is 5.75 Å². The highest BCUT2D eigenvalue weighted by atomic mass is 35.5. The Morgan fingerprint density at radius 3 is 2.91 bits per heavy atom. The Morgan fingerprint density at radius 1 is 1.35 bits per heavy atom. The normalized spacial score (nSPS) is 16.3. The third-order valence-electron chi connectivity index (χ3n) is 5.37. The van der Waals surface area contributed by atoms with Crippen LogP contribution >= 0.6 is 11.6 Å². The van der Waals surface area contributed by atoms with Gasteiger partial charge in [0.05, 0.1) is 35.5 Å². The summed E-state index contributed by atoms with van der Waals surface area (Å²) >= 11 is 5.87. The number of rotatable bonds is 7. The number of carbonyl (C=O) groups excluding carboxylic acids is 1. The van der Waals surface area contributed by atoms with Crippen LogP contribution in [0.1, 0.15) is 0 Å². The standard InChI is InChI=1S/C23H22ClF2N5O3/c1-13(25)23(32)30-20-8-16-19(9-21(20)34-11-15-10-33-6-5-31(15)2)27-12-28-22(16)29-14-3-4-18(26)17(24)7-14/h3-4,7-9,12,15H,1,5-6,10-11H2,2H3,(H,30,32)(H,27,28,29). The van der Waals surface area contributed by atoms with Crippen molar-refractivity contribution in [3.63, 3.8) is 0 Å². The maximum Gasteiger partial charge on any atom is 0.283 e. The molecule has 34 heavy (non-hydrogen) atoms. The second-order valence-corrected chi connectivity index (χ2v) is 8.13. The Labute approximate surface area is 199 Å².